The van der Waals surface area contributed by atoms with Gasteiger partial charge in [-0.2, -0.15) is 0 Å². The Labute approximate surface area is 159 Å². The molecule has 26 heavy (non-hydrogen) atoms. The second kappa shape index (κ2) is 7.67. The summed E-state index contributed by atoms with van der Waals surface area (Å²) >= 11 is 6.08. The number of non-ortho nitro benzene ring substituents is 1. The molecule has 0 aliphatic carbocycles. The smallest absolute Gasteiger partial charge is 0.270 e. The maximum Gasteiger partial charge on any atom is 0.270 e. The van der Waals surface area contributed by atoms with Crippen LogP contribution < -0.4 is 10.1 Å². The molecule has 1 amide bonds. The summed E-state index contributed by atoms with van der Waals surface area (Å²) in [5.41, 5.74) is 2.50. The van der Waals surface area contributed by atoms with Crippen LogP contribution in [0.15, 0.2) is 47.4 Å². The molecule has 1 fully saturated rings. The van der Waals surface area contributed by atoms with Crippen molar-refractivity contribution in [3.63, 3.8) is 0 Å². The van der Waals surface area contributed by atoms with Crippen molar-refractivity contribution in [1.82, 2.24) is 5.32 Å². The Balaban J connectivity index is 1.90. The van der Waals surface area contributed by atoms with Gasteiger partial charge in [0.15, 0.2) is 0 Å². The first kappa shape index (κ1) is 18.1. The second-order valence-corrected chi connectivity index (χ2v) is 7.32. The number of amides is 1. The number of nitrogens with one attached hydrogen (secondary N) is 1. The van der Waals surface area contributed by atoms with Crippen molar-refractivity contribution >= 4 is 46.0 Å². The van der Waals surface area contributed by atoms with Crippen LogP contribution >= 0.6 is 24.0 Å². The van der Waals surface area contributed by atoms with Gasteiger partial charge in [0.2, 0.25) is 0 Å². The van der Waals surface area contributed by atoms with Crippen LogP contribution in [-0.4, -0.2) is 15.2 Å². The number of hydrogen-bond donors (Lipinski definition) is 1. The predicted molar refractivity (Wildman–Crippen MR) is 105 cm³/mol. The maximum absolute atomic E-state index is 11.9. The molecule has 0 aromatic heterocycles. The van der Waals surface area contributed by atoms with Crippen LogP contribution in [0.5, 0.6) is 5.75 Å². The molecule has 0 spiro atoms. The van der Waals surface area contributed by atoms with E-state index in [1.165, 1.54) is 18.2 Å². The molecular weight excluding hydrogens is 372 g/mol. The standard InChI is InChI=1S/C18H14N2O4S2/c1-11-2-4-12(5-3-11)10-24-15-7-6-14(20(22)23)8-13(15)9-16-17(21)19-18(25)26-16/h2-9H,10H2,1H3,(H,19,21,25)/b16-9-. The molecule has 0 atom stereocenters. The fourth-order valence-electron chi connectivity index (χ4n) is 2.30. The highest BCUT2D eigenvalue weighted by atomic mass is 32.2. The monoisotopic (exact) mass is 386 g/mol. The third-order valence-electron chi connectivity index (χ3n) is 3.65. The lowest BCUT2D eigenvalue weighted by molar-refractivity contribution is -0.384. The van der Waals surface area contributed by atoms with Crippen LogP contribution in [0.25, 0.3) is 6.08 Å². The average molecular weight is 386 g/mol. The Morgan fingerprint density at radius 1 is 1.27 bits per heavy atom. The van der Waals surface area contributed by atoms with Gasteiger partial charge in [0.1, 0.15) is 16.7 Å². The van der Waals surface area contributed by atoms with Crippen molar-refractivity contribution in [1.29, 1.82) is 0 Å². The number of carbonyl (C=O) groups excluding carboxylic acids is 1. The summed E-state index contributed by atoms with van der Waals surface area (Å²) in [4.78, 5) is 22.8. The van der Waals surface area contributed by atoms with Crippen molar-refractivity contribution in [3.05, 3.63) is 74.2 Å². The van der Waals surface area contributed by atoms with Gasteiger partial charge in [-0.15, -0.1) is 0 Å². The number of rotatable bonds is 5. The third kappa shape index (κ3) is 4.27. The number of thiocarbonyl (C=S) groups is 1. The fourth-order valence-corrected chi connectivity index (χ4v) is 3.34. The molecule has 0 unspecified atom stereocenters. The highest BCUT2D eigenvalue weighted by Crippen LogP contribution is 2.32. The maximum atomic E-state index is 11.9. The lowest BCUT2D eigenvalue weighted by atomic mass is 10.1. The minimum Gasteiger partial charge on any atom is -0.488 e. The van der Waals surface area contributed by atoms with E-state index in [0.29, 0.717) is 27.1 Å². The molecule has 0 radical (unpaired) electrons. The Hall–Kier alpha value is -2.71. The summed E-state index contributed by atoms with van der Waals surface area (Å²) in [6.45, 7) is 2.31. The summed E-state index contributed by atoms with van der Waals surface area (Å²) in [6, 6.07) is 12.2. The van der Waals surface area contributed by atoms with Gasteiger partial charge in [-0.25, -0.2) is 0 Å². The quantitative estimate of drug-likeness (QED) is 0.362. The van der Waals surface area contributed by atoms with Crippen molar-refractivity contribution < 1.29 is 14.5 Å². The molecule has 6 nitrogen and oxygen atoms in total. The molecule has 132 valence electrons. The Morgan fingerprint density at radius 2 is 2.00 bits per heavy atom. The lowest BCUT2D eigenvalue weighted by Crippen LogP contribution is -2.17. The Bertz CT molecular complexity index is 923. The van der Waals surface area contributed by atoms with Gasteiger partial charge in [-0.1, -0.05) is 53.8 Å². The van der Waals surface area contributed by atoms with Crippen molar-refractivity contribution in [2.45, 2.75) is 13.5 Å². The molecule has 0 bridgehead atoms. The Kier molecular flexibility index (Phi) is 5.34. The largest absolute Gasteiger partial charge is 0.488 e. The van der Waals surface area contributed by atoms with Gasteiger partial charge in [0.25, 0.3) is 11.6 Å². The minimum atomic E-state index is -0.488. The number of carbonyl (C=O) groups is 1. The van der Waals surface area contributed by atoms with E-state index in [-0.39, 0.29) is 11.6 Å². The number of nitro benzene ring substituents is 1. The number of thioether (sulfide) groups is 1. The number of nitrogens with zero attached hydrogens (tertiary/aromatic N) is 1. The molecule has 1 saturated heterocycles. The fraction of sp³-hybridized carbons (Fsp3) is 0.111. The van der Waals surface area contributed by atoms with Gasteiger partial charge in [-0.05, 0) is 24.6 Å². The Morgan fingerprint density at radius 3 is 2.62 bits per heavy atom. The van der Waals surface area contributed by atoms with E-state index in [1.807, 2.05) is 31.2 Å². The van der Waals surface area contributed by atoms with Gasteiger partial charge >= 0.3 is 0 Å². The number of hydrogen-bond acceptors (Lipinski definition) is 6. The molecule has 8 heteroatoms. The zero-order chi connectivity index (χ0) is 18.7. The van der Waals surface area contributed by atoms with E-state index in [2.05, 4.69) is 5.32 Å². The van der Waals surface area contributed by atoms with Crippen LogP contribution in [0.2, 0.25) is 0 Å². The molecule has 1 aliphatic heterocycles. The van der Waals surface area contributed by atoms with Crippen molar-refractivity contribution in [2.24, 2.45) is 0 Å². The summed E-state index contributed by atoms with van der Waals surface area (Å²) in [5.74, 6) is 0.130. The van der Waals surface area contributed by atoms with E-state index in [9.17, 15) is 14.9 Å². The van der Waals surface area contributed by atoms with E-state index in [0.717, 1.165) is 22.9 Å². The van der Waals surface area contributed by atoms with Gasteiger partial charge < -0.3 is 10.1 Å². The van der Waals surface area contributed by atoms with Crippen LogP contribution in [0, 0.1) is 17.0 Å². The van der Waals surface area contributed by atoms with Crippen LogP contribution in [0.3, 0.4) is 0 Å². The van der Waals surface area contributed by atoms with Crippen LogP contribution in [0.1, 0.15) is 16.7 Å². The zero-order valence-corrected chi connectivity index (χ0v) is 15.4. The number of nitro groups is 1. The summed E-state index contributed by atoms with van der Waals surface area (Å²) in [7, 11) is 0. The summed E-state index contributed by atoms with van der Waals surface area (Å²) in [5, 5.41) is 13.6. The van der Waals surface area contributed by atoms with Gasteiger partial charge in [-0.3, -0.25) is 14.9 Å². The average Bonchev–Trinajstić information content (AvgIpc) is 2.92. The molecular formula is C18H14N2O4S2. The molecule has 3 rings (SSSR count). The SMILES string of the molecule is Cc1ccc(COc2ccc([N+](=O)[O-])cc2/C=C2\SC(=S)NC2=O)cc1. The van der Waals surface area contributed by atoms with E-state index in [1.54, 1.807) is 6.08 Å². The minimum absolute atomic E-state index is 0.0782. The lowest BCUT2D eigenvalue weighted by Gasteiger charge is -2.10. The first-order chi connectivity index (χ1) is 12.4. The van der Waals surface area contributed by atoms with Gasteiger partial charge in [0, 0.05) is 17.7 Å². The predicted octanol–water partition coefficient (Wildman–Crippen LogP) is 3.97. The molecule has 2 aromatic carbocycles. The summed E-state index contributed by atoms with van der Waals surface area (Å²) < 4.78 is 6.18. The second-order valence-electron chi connectivity index (χ2n) is 5.61. The van der Waals surface area contributed by atoms with E-state index >= 15 is 0 Å². The zero-order valence-electron chi connectivity index (χ0n) is 13.7. The van der Waals surface area contributed by atoms with Crippen molar-refractivity contribution in [2.75, 3.05) is 0 Å². The van der Waals surface area contributed by atoms with Crippen LogP contribution in [0.4, 0.5) is 5.69 Å². The van der Waals surface area contributed by atoms with Gasteiger partial charge in [0.05, 0.1) is 9.83 Å². The van der Waals surface area contributed by atoms with E-state index < -0.39 is 4.92 Å². The number of benzene rings is 2. The first-order valence-electron chi connectivity index (χ1n) is 7.64. The summed E-state index contributed by atoms with van der Waals surface area (Å²) in [6.07, 6.45) is 1.55. The highest BCUT2D eigenvalue weighted by molar-refractivity contribution is 8.26. The molecule has 2 aromatic rings. The molecule has 1 N–H and O–H groups in total. The normalized spacial score (nSPS) is 15.2. The first-order valence-corrected chi connectivity index (χ1v) is 8.86. The van der Waals surface area contributed by atoms with Crippen molar-refractivity contribution in [3.8, 4) is 5.75 Å². The number of aryl methyl sites for hydroxylation is 1. The number of ether oxygens (including phenoxy) is 1. The molecule has 1 aliphatic rings. The highest BCUT2D eigenvalue weighted by Gasteiger charge is 2.23. The topological polar surface area (TPSA) is 81.5 Å². The molecule has 0 saturated carbocycles. The van der Waals surface area contributed by atoms with E-state index in [4.69, 9.17) is 17.0 Å². The third-order valence-corrected chi connectivity index (χ3v) is 4.81. The molecule has 1 heterocycles. The van der Waals surface area contributed by atoms with Crippen LogP contribution in [-0.2, 0) is 11.4 Å².